The van der Waals surface area contributed by atoms with Crippen molar-refractivity contribution in [1.82, 2.24) is 4.90 Å². The normalized spacial score (nSPS) is 14.3. The zero-order valence-electron chi connectivity index (χ0n) is 19.0. The lowest BCUT2D eigenvalue weighted by atomic mass is 10.1. The second kappa shape index (κ2) is 11.3. The number of benzene rings is 3. The number of rotatable bonds is 8. The van der Waals surface area contributed by atoms with Gasteiger partial charge in [-0.05, 0) is 65.4 Å². The number of thioether (sulfide) groups is 1. The minimum absolute atomic E-state index is 0.0672. The third-order valence-electron chi connectivity index (χ3n) is 5.12. The van der Waals surface area contributed by atoms with Gasteiger partial charge >= 0.3 is 0 Å². The summed E-state index contributed by atoms with van der Waals surface area (Å²) in [4.78, 5) is 38.7. The highest BCUT2D eigenvalue weighted by Crippen LogP contribution is 2.36. The van der Waals surface area contributed by atoms with E-state index in [4.69, 9.17) is 21.1 Å². The van der Waals surface area contributed by atoms with Gasteiger partial charge in [0.05, 0.1) is 18.6 Å². The van der Waals surface area contributed by atoms with E-state index in [1.807, 2.05) is 18.2 Å². The number of hydrogen-bond donors (Lipinski definition) is 1. The molecule has 1 N–H and O–H groups in total. The quantitative estimate of drug-likeness (QED) is 0.377. The molecule has 184 valence electrons. The predicted molar refractivity (Wildman–Crippen MR) is 136 cm³/mol. The minimum atomic E-state index is -0.504. The van der Waals surface area contributed by atoms with Crippen LogP contribution in [0.3, 0.4) is 0 Å². The van der Waals surface area contributed by atoms with Crippen molar-refractivity contribution in [2.45, 2.75) is 6.54 Å². The summed E-state index contributed by atoms with van der Waals surface area (Å²) in [5, 5.41) is 2.41. The first-order chi connectivity index (χ1) is 17.3. The first-order valence-corrected chi connectivity index (χ1v) is 11.9. The number of nitrogens with zero attached hydrogens (tertiary/aromatic N) is 1. The van der Waals surface area contributed by atoms with Crippen LogP contribution in [0.5, 0.6) is 11.5 Å². The third kappa shape index (κ3) is 6.05. The summed E-state index contributed by atoms with van der Waals surface area (Å²) < 4.78 is 24.3. The van der Waals surface area contributed by atoms with Crippen LogP contribution < -0.4 is 14.8 Å². The smallest absolute Gasteiger partial charge is 0.293 e. The molecule has 1 fully saturated rings. The minimum Gasteiger partial charge on any atom is -0.493 e. The van der Waals surface area contributed by atoms with Gasteiger partial charge in [-0.2, -0.15) is 0 Å². The highest BCUT2D eigenvalue weighted by atomic mass is 35.5. The molecule has 3 aromatic rings. The molecule has 0 unspecified atom stereocenters. The van der Waals surface area contributed by atoms with Crippen LogP contribution in [0.4, 0.5) is 14.9 Å². The average molecular weight is 527 g/mol. The Morgan fingerprint density at radius 1 is 1.08 bits per heavy atom. The van der Waals surface area contributed by atoms with Crippen LogP contribution >= 0.6 is 23.4 Å². The molecule has 1 aliphatic heterocycles. The number of hydrogen-bond acceptors (Lipinski definition) is 6. The fourth-order valence-corrected chi connectivity index (χ4v) is 4.43. The molecule has 0 saturated carbocycles. The average Bonchev–Trinajstić information content (AvgIpc) is 3.12. The second-order valence-corrected chi connectivity index (χ2v) is 9.02. The maximum atomic E-state index is 13.3. The summed E-state index contributed by atoms with van der Waals surface area (Å²) in [5.74, 6) is -0.619. The molecule has 3 amide bonds. The van der Waals surface area contributed by atoms with Gasteiger partial charge in [-0.25, -0.2) is 4.39 Å². The van der Waals surface area contributed by atoms with Crippen molar-refractivity contribution in [2.24, 2.45) is 0 Å². The molecule has 0 aromatic heterocycles. The number of halogens is 2. The van der Waals surface area contributed by atoms with E-state index in [9.17, 15) is 18.8 Å². The van der Waals surface area contributed by atoms with Crippen LogP contribution in [0.15, 0.2) is 71.6 Å². The lowest BCUT2D eigenvalue weighted by Crippen LogP contribution is -2.27. The third-order valence-corrected chi connectivity index (χ3v) is 6.38. The van der Waals surface area contributed by atoms with Crippen LogP contribution in [0.1, 0.15) is 11.1 Å². The number of carbonyl (C=O) groups excluding carboxylic acids is 3. The Morgan fingerprint density at radius 3 is 2.58 bits per heavy atom. The molecule has 1 aliphatic rings. The van der Waals surface area contributed by atoms with Crippen molar-refractivity contribution >= 4 is 52.2 Å². The van der Waals surface area contributed by atoms with E-state index < -0.39 is 17.0 Å². The Bertz CT molecular complexity index is 1350. The van der Waals surface area contributed by atoms with E-state index in [-0.39, 0.29) is 29.0 Å². The molecular formula is C26H20ClFN2O5S. The fourth-order valence-electron chi connectivity index (χ4n) is 3.36. The zero-order valence-corrected chi connectivity index (χ0v) is 20.6. The molecule has 3 aromatic carbocycles. The number of nitrogens with one attached hydrogen (secondary N) is 1. The summed E-state index contributed by atoms with van der Waals surface area (Å²) in [5.41, 5.74) is 1.71. The Balaban J connectivity index is 1.43. The molecule has 0 bridgehead atoms. The van der Waals surface area contributed by atoms with E-state index in [1.165, 1.54) is 19.2 Å². The number of carbonyl (C=O) groups is 3. The van der Waals surface area contributed by atoms with Gasteiger partial charge in [-0.3, -0.25) is 19.3 Å². The maximum Gasteiger partial charge on any atom is 0.293 e. The van der Waals surface area contributed by atoms with Crippen LogP contribution in [-0.4, -0.2) is 35.7 Å². The van der Waals surface area contributed by atoms with E-state index in [2.05, 4.69) is 5.32 Å². The molecule has 0 aliphatic carbocycles. The van der Waals surface area contributed by atoms with Crippen LogP contribution in [0.25, 0.3) is 6.08 Å². The number of amides is 3. The van der Waals surface area contributed by atoms with Crippen molar-refractivity contribution in [2.75, 3.05) is 19.0 Å². The maximum absolute atomic E-state index is 13.3. The lowest BCUT2D eigenvalue weighted by Gasteiger charge is -2.13. The van der Waals surface area contributed by atoms with Crippen molar-refractivity contribution in [3.63, 3.8) is 0 Å². The molecule has 36 heavy (non-hydrogen) atoms. The molecule has 10 heteroatoms. The second-order valence-electron chi connectivity index (χ2n) is 7.62. The molecule has 1 heterocycles. The molecule has 7 nitrogen and oxygen atoms in total. The van der Waals surface area contributed by atoms with E-state index in [1.54, 1.807) is 36.4 Å². The summed E-state index contributed by atoms with van der Waals surface area (Å²) in [6.45, 7) is -0.294. The Morgan fingerprint density at radius 2 is 1.86 bits per heavy atom. The molecule has 1 saturated heterocycles. The number of para-hydroxylation sites is 1. The van der Waals surface area contributed by atoms with Crippen molar-refractivity contribution < 1.29 is 28.2 Å². The molecule has 0 spiro atoms. The van der Waals surface area contributed by atoms with Crippen LogP contribution in [0, 0.1) is 5.82 Å². The summed E-state index contributed by atoms with van der Waals surface area (Å²) >= 11 is 6.84. The highest BCUT2D eigenvalue weighted by molar-refractivity contribution is 8.18. The van der Waals surface area contributed by atoms with Crippen molar-refractivity contribution in [1.29, 1.82) is 0 Å². The first-order valence-electron chi connectivity index (χ1n) is 10.7. The van der Waals surface area contributed by atoms with Gasteiger partial charge in [0.2, 0.25) is 0 Å². The fraction of sp³-hybridized carbons (Fsp3) is 0.115. The number of methoxy groups -OCH3 is 1. The molecule has 0 radical (unpaired) electrons. The number of ether oxygens (including phenoxy) is 2. The Kier molecular flexibility index (Phi) is 7.92. The van der Waals surface area contributed by atoms with Gasteiger partial charge in [-0.1, -0.05) is 41.9 Å². The topological polar surface area (TPSA) is 84.9 Å². The number of imide groups is 1. The molecule has 4 rings (SSSR count). The van der Waals surface area contributed by atoms with Crippen LogP contribution in [0.2, 0.25) is 5.02 Å². The number of anilines is 1. The van der Waals surface area contributed by atoms with E-state index >= 15 is 0 Å². The lowest BCUT2D eigenvalue weighted by molar-refractivity contribution is -0.123. The van der Waals surface area contributed by atoms with Crippen molar-refractivity contribution in [3.8, 4) is 11.5 Å². The standard InChI is InChI=1S/C26H20ClFN2O5S/c1-34-22-11-16(7-10-21(22)35-15-24(31)29-19-5-3-2-4-6-19)12-23-25(32)30(26(33)36-23)14-17-8-9-18(28)13-20(17)27/h2-13H,14-15H2,1H3,(H,29,31)/b23-12-. The first kappa shape index (κ1) is 25.3. The van der Waals surface area contributed by atoms with Gasteiger partial charge in [0.1, 0.15) is 5.82 Å². The van der Waals surface area contributed by atoms with E-state index in [0.717, 1.165) is 22.7 Å². The molecular weight excluding hydrogens is 507 g/mol. The van der Waals surface area contributed by atoms with Gasteiger partial charge in [0, 0.05) is 10.7 Å². The van der Waals surface area contributed by atoms with Gasteiger partial charge in [0.15, 0.2) is 18.1 Å². The van der Waals surface area contributed by atoms with Crippen LogP contribution in [-0.2, 0) is 16.1 Å². The monoisotopic (exact) mass is 526 g/mol. The largest absolute Gasteiger partial charge is 0.493 e. The van der Waals surface area contributed by atoms with E-state index in [0.29, 0.717) is 28.3 Å². The SMILES string of the molecule is COc1cc(/C=C2\SC(=O)N(Cc3ccc(F)cc3Cl)C2=O)ccc1OCC(=O)Nc1ccccc1. The Hall–Kier alpha value is -3.82. The summed E-state index contributed by atoms with van der Waals surface area (Å²) in [6.07, 6.45) is 1.56. The summed E-state index contributed by atoms with van der Waals surface area (Å²) in [6, 6.07) is 17.7. The highest BCUT2D eigenvalue weighted by Gasteiger charge is 2.35. The van der Waals surface area contributed by atoms with Gasteiger partial charge in [0.25, 0.3) is 17.1 Å². The Labute approximate surface area is 215 Å². The van der Waals surface area contributed by atoms with Gasteiger partial charge < -0.3 is 14.8 Å². The van der Waals surface area contributed by atoms with Crippen molar-refractivity contribution in [3.05, 3.63) is 93.6 Å². The zero-order chi connectivity index (χ0) is 25.7. The predicted octanol–water partition coefficient (Wildman–Crippen LogP) is 5.74. The van der Waals surface area contributed by atoms with Gasteiger partial charge in [-0.15, -0.1) is 0 Å². The molecule has 0 atom stereocenters. The summed E-state index contributed by atoms with van der Waals surface area (Å²) in [7, 11) is 1.45.